The molecule has 3 aromatic rings. The van der Waals surface area contributed by atoms with E-state index in [1.165, 1.54) is 6.33 Å². The normalized spacial score (nSPS) is 11.9. The Morgan fingerprint density at radius 1 is 1.22 bits per heavy atom. The van der Waals surface area contributed by atoms with Crippen LogP contribution in [-0.2, 0) is 5.54 Å². The molecule has 0 radical (unpaired) electrons. The Morgan fingerprint density at radius 3 is 2.57 bits per heavy atom. The first kappa shape index (κ1) is 15.6. The Kier molecular flexibility index (Phi) is 3.68. The Balaban J connectivity index is 2.49. The van der Waals surface area contributed by atoms with Crippen molar-refractivity contribution >= 4 is 35.2 Å². The molecule has 0 atom stereocenters. The van der Waals surface area contributed by atoms with Crippen molar-refractivity contribution < 1.29 is 0 Å². The summed E-state index contributed by atoms with van der Waals surface area (Å²) in [6.45, 7) is 11.9. The lowest BCUT2D eigenvalue weighted by molar-refractivity contribution is 0.366. The molecule has 3 rings (SSSR count). The van der Waals surface area contributed by atoms with Crippen molar-refractivity contribution in [2.45, 2.75) is 33.2 Å². The summed E-state index contributed by atoms with van der Waals surface area (Å²) in [6, 6.07) is 5.79. The zero-order valence-corrected chi connectivity index (χ0v) is 14.4. The zero-order valence-electron chi connectivity index (χ0n) is 13.6. The molecule has 118 valence electrons. The van der Waals surface area contributed by atoms with Gasteiger partial charge in [0.2, 0.25) is 0 Å². The van der Waals surface area contributed by atoms with E-state index < -0.39 is 0 Å². The van der Waals surface area contributed by atoms with Gasteiger partial charge < -0.3 is 0 Å². The first-order chi connectivity index (χ1) is 10.8. The van der Waals surface area contributed by atoms with E-state index >= 15 is 0 Å². The second-order valence-electron chi connectivity index (χ2n) is 6.42. The molecule has 0 spiro atoms. The second-order valence-corrected chi connectivity index (χ2v) is 6.82. The first-order valence-corrected chi connectivity index (χ1v) is 7.69. The van der Waals surface area contributed by atoms with Crippen LogP contribution in [0.5, 0.6) is 0 Å². The number of benzene rings is 1. The molecule has 0 aliphatic heterocycles. The monoisotopic (exact) mass is 327 g/mol. The number of hydrogen-bond donors (Lipinski definition) is 0. The molecule has 2 aromatic heterocycles. The SMILES string of the molecule is C=Nc1ncnc2c1c(-c1c(C)cccc1Cl)nn2C(C)(C)C. The lowest BCUT2D eigenvalue weighted by atomic mass is 10.0. The number of aliphatic imine (C=N–C) groups is 1. The maximum atomic E-state index is 6.45. The third-order valence-corrected chi connectivity index (χ3v) is 4.00. The molecule has 2 heterocycles. The Labute approximate surface area is 140 Å². The molecule has 6 heteroatoms. The minimum atomic E-state index is -0.238. The lowest BCUT2D eigenvalue weighted by Crippen LogP contribution is -2.23. The number of fused-ring (bicyclic) bond motifs is 1. The number of rotatable bonds is 2. The third kappa shape index (κ3) is 2.51. The van der Waals surface area contributed by atoms with Crippen molar-refractivity contribution in [3.63, 3.8) is 0 Å². The predicted octanol–water partition coefficient (Wildman–Crippen LogP) is 4.54. The van der Waals surface area contributed by atoms with Gasteiger partial charge in [-0.1, -0.05) is 23.7 Å². The van der Waals surface area contributed by atoms with Crippen LogP contribution in [-0.4, -0.2) is 26.5 Å². The van der Waals surface area contributed by atoms with Crippen LogP contribution in [0.4, 0.5) is 5.82 Å². The third-order valence-electron chi connectivity index (χ3n) is 3.69. The molecule has 23 heavy (non-hydrogen) atoms. The van der Waals surface area contributed by atoms with Gasteiger partial charge in [0.1, 0.15) is 12.0 Å². The van der Waals surface area contributed by atoms with Gasteiger partial charge in [0.15, 0.2) is 11.5 Å². The summed E-state index contributed by atoms with van der Waals surface area (Å²) >= 11 is 6.45. The maximum absolute atomic E-state index is 6.45. The maximum Gasteiger partial charge on any atom is 0.166 e. The Morgan fingerprint density at radius 2 is 1.96 bits per heavy atom. The highest BCUT2D eigenvalue weighted by atomic mass is 35.5. The van der Waals surface area contributed by atoms with E-state index in [0.29, 0.717) is 10.8 Å². The van der Waals surface area contributed by atoms with Crippen molar-refractivity contribution in [1.82, 2.24) is 19.7 Å². The highest BCUT2D eigenvalue weighted by Crippen LogP contribution is 2.39. The number of nitrogens with zero attached hydrogens (tertiary/aromatic N) is 5. The van der Waals surface area contributed by atoms with Crippen LogP contribution in [0.2, 0.25) is 5.02 Å². The topological polar surface area (TPSA) is 56.0 Å². The molecule has 0 aliphatic rings. The van der Waals surface area contributed by atoms with Crippen LogP contribution < -0.4 is 0 Å². The smallest absolute Gasteiger partial charge is 0.166 e. The van der Waals surface area contributed by atoms with Gasteiger partial charge in [-0.2, -0.15) is 5.10 Å². The van der Waals surface area contributed by atoms with Crippen molar-refractivity contribution in [3.8, 4) is 11.3 Å². The van der Waals surface area contributed by atoms with E-state index in [1.54, 1.807) is 0 Å². The first-order valence-electron chi connectivity index (χ1n) is 7.31. The summed E-state index contributed by atoms with van der Waals surface area (Å²) < 4.78 is 1.89. The molecule has 0 fully saturated rings. The molecule has 0 unspecified atom stereocenters. The summed E-state index contributed by atoms with van der Waals surface area (Å²) in [7, 11) is 0. The van der Waals surface area contributed by atoms with Crippen LogP contribution in [0.1, 0.15) is 26.3 Å². The molecule has 0 amide bonds. The number of halogens is 1. The minimum absolute atomic E-state index is 0.238. The molecule has 5 nitrogen and oxygen atoms in total. The second kappa shape index (κ2) is 5.42. The summed E-state index contributed by atoms with van der Waals surface area (Å²) in [4.78, 5) is 12.7. The molecule has 1 aromatic carbocycles. The highest BCUT2D eigenvalue weighted by Gasteiger charge is 2.25. The van der Waals surface area contributed by atoms with Gasteiger partial charge in [0, 0.05) is 5.56 Å². The van der Waals surface area contributed by atoms with Crippen molar-refractivity contribution in [3.05, 3.63) is 35.1 Å². The fourth-order valence-corrected chi connectivity index (χ4v) is 2.94. The minimum Gasteiger partial charge on any atom is -0.244 e. The van der Waals surface area contributed by atoms with Crippen molar-refractivity contribution in [2.24, 2.45) is 4.99 Å². The van der Waals surface area contributed by atoms with Gasteiger partial charge in [0.25, 0.3) is 0 Å². The van der Waals surface area contributed by atoms with E-state index in [1.807, 2.05) is 29.8 Å². The average Bonchev–Trinajstić information content (AvgIpc) is 2.87. The molecular formula is C17H18ClN5. The largest absolute Gasteiger partial charge is 0.244 e. The highest BCUT2D eigenvalue weighted by molar-refractivity contribution is 6.34. The van der Waals surface area contributed by atoms with Gasteiger partial charge in [-0.3, -0.25) is 0 Å². The predicted molar refractivity (Wildman–Crippen MR) is 94.7 cm³/mol. The van der Waals surface area contributed by atoms with Crippen molar-refractivity contribution in [1.29, 1.82) is 0 Å². The van der Waals surface area contributed by atoms with E-state index in [0.717, 1.165) is 27.9 Å². The fourth-order valence-electron chi connectivity index (χ4n) is 2.63. The number of aryl methyl sites for hydroxylation is 1. The molecule has 0 saturated carbocycles. The molecular weight excluding hydrogens is 310 g/mol. The molecule has 0 bridgehead atoms. The van der Waals surface area contributed by atoms with Crippen molar-refractivity contribution in [2.75, 3.05) is 0 Å². The zero-order chi connectivity index (χ0) is 16.8. The van der Waals surface area contributed by atoms with Crippen LogP contribution in [0.3, 0.4) is 0 Å². The molecule has 0 saturated heterocycles. The Bertz CT molecular complexity index is 885. The lowest BCUT2D eigenvalue weighted by Gasteiger charge is -2.19. The average molecular weight is 328 g/mol. The van der Waals surface area contributed by atoms with E-state index in [2.05, 4.69) is 42.4 Å². The van der Waals surface area contributed by atoms with E-state index in [4.69, 9.17) is 16.7 Å². The standard InChI is InChI=1S/C17H18ClN5/c1-10-7-6-8-11(18)12(10)14-13-15(19-5)20-9-21-16(13)23(22-14)17(2,3)4/h6-9H,5H2,1-4H3. The fraction of sp³-hybridized carbons (Fsp3) is 0.294. The van der Waals surface area contributed by atoms with Crippen LogP contribution in [0.15, 0.2) is 29.5 Å². The molecule has 0 aliphatic carbocycles. The summed E-state index contributed by atoms with van der Waals surface area (Å²) in [5.74, 6) is 0.514. The van der Waals surface area contributed by atoms with E-state index in [-0.39, 0.29) is 5.54 Å². The van der Waals surface area contributed by atoms with Gasteiger partial charge in [-0.15, -0.1) is 0 Å². The summed E-state index contributed by atoms with van der Waals surface area (Å²) in [6.07, 6.45) is 1.49. The quantitative estimate of drug-likeness (QED) is 0.649. The van der Waals surface area contributed by atoms with Gasteiger partial charge >= 0.3 is 0 Å². The van der Waals surface area contributed by atoms with Crippen LogP contribution in [0, 0.1) is 6.92 Å². The number of hydrogen-bond acceptors (Lipinski definition) is 4. The van der Waals surface area contributed by atoms with E-state index in [9.17, 15) is 0 Å². The van der Waals surface area contributed by atoms with Gasteiger partial charge in [-0.05, 0) is 46.0 Å². The summed E-state index contributed by atoms with van der Waals surface area (Å²) in [5.41, 5.74) is 3.14. The van der Waals surface area contributed by atoms with Gasteiger partial charge in [0.05, 0.1) is 15.9 Å². The van der Waals surface area contributed by atoms with Crippen LogP contribution >= 0.6 is 11.6 Å². The number of aromatic nitrogens is 4. The molecule has 0 N–H and O–H groups in total. The summed E-state index contributed by atoms with van der Waals surface area (Å²) in [5, 5.41) is 6.22. The van der Waals surface area contributed by atoms with Crippen LogP contribution in [0.25, 0.3) is 22.3 Å². The Hall–Kier alpha value is -2.27. The van der Waals surface area contributed by atoms with Gasteiger partial charge in [-0.25, -0.2) is 19.6 Å².